The number of hydrogen-bond donors (Lipinski definition) is 1. The highest BCUT2D eigenvalue weighted by molar-refractivity contribution is 6.32. The van der Waals surface area contributed by atoms with E-state index in [9.17, 15) is 0 Å². The monoisotopic (exact) mass is 228 g/mol. The van der Waals surface area contributed by atoms with Crippen LogP contribution in [-0.4, -0.2) is 11.2 Å². The Balaban J connectivity index is 2.82. The normalized spacial score (nSPS) is 12.5. The molecule has 0 heterocycles. The third kappa shape index (κ3) is 3.40. The lowest BCUT2D eigenvalue weighted by Crippen LogP contribution is -2.12. The van der Waals surface area contributed by atoms with Gasteiger partial charge in [0, 0.05) is 5.56 Å². The summed E-state index contributed by atoms with van der Waals surface area (Å²) in [7, 11) is 0. The molecule has 0 aromatic heterocycles. The lowest BCUT2D eigenvalue weighted by atomic mass is 10.2. The van der Waals surface area contributed by atoms with E-state index in [2.05, 4.69) is 6.92 Å². The van der Waals surface area contributed by atoms with E-state index in [0.29, 0.717) is 10.8 Å². The minimum atomic E-state index is -0.0469. The molecule has 0 aliphatic carbocycles. The maximum absolute atomic E-state index is 9.15. The van der Waals surface area contributed by atoms with Gasteiger partial charge in [-0.05, 0) is 19.4 Å². The molecule has 1 atom stereocenters. The average molecular weight is 229 g/mol. The molecule has 0 radical (unpaired) electrons. The third-order valence-corrected chi connectivity index (χ3v) is 2.53. The molecule has 0 fully saturated rings. The van der Waals surface area contributed by atoms with Gasteiger partial charge in [0.25, 0.3) is 0 Å². The molecule has 15 heavy (non-hydrogen) atoms. The number of aliphatic hydroxyl groups is 1. The average Bonchev–Trinajstić information content (AvgIpc) is 2.21. The smallest absolute Gasteiger partial charge is 0.143 e. The quantitative estimate of drug-likeness (QED) is 0.837. The van der Waals surface area contributed by atoms with Gasteiger partial charge >= 0.3 is 0 Å². The van der Waals surface area contributed by atoms with E-state index in [0.717, 1.165) is 18.4 Å². The van der Waals surface area contributed by atoms with Crippen molar-refractivity contribution in [3.05, 3.63) is 28.8 Å². The van der Waals surface area contributed by atoms with Crippen molar-refractivity contribution in [1.82, 2.24) is 0 Å². The largest absolute Gasteiger partial charge is 0.489 e. The first-order valence-corrected chi connectivity index (χ1v) is 5.61. The van der Waals surface area contributed by atoms with Gasteiger partial charge in [0.05, 0.1) is 17.7 Å². The molecule has 1 unspecified atom stereocenters. The molecule has 84 valence electrons. The number of para-hydroxylation sites is 1. The fourth-order valence-corrected chi connectivity index (χ4v) is 1.72. The second kappa shape index (κ2) is 5.99. The van der Waals surface area contributed by atoms with Crippen LogP contribution in [0.25, 0.3) is 0 Å². The predicted octanol–water partition coefficient (Wildman–Crippen LogP) is 3.40. The fraction of sp³-hybridized carbons (Fsp3) is 0.500. The van der Waals surface area contributed by atoms with Gasteiger partial charge in [0.2, 0.25) is 0 Å². The van der Waals surface area contributed by atoms with Crippen molar-refractivity contribution in [3.8, 4) is 5.75 Å². The van der Waals surface area contributed by atoms with E-state index in [1.165, 1.54) is 0 Å². The van der Waals surface area contributed by atoms with E-state index in [-0.39, 0.29) is 12.7 Å². The summed E-state index contributed by atoms with van der Waals surface area (Å²) in [5.74, 6) is 0.614. The van der Waals surface area contributed by atoms with Crippen molar-refractivity contribution in [1.29, 1.82) is 0 Å². The first-order chi connectivity index (χ1) is 7.19. The number of benzene rings is 1. The van der Waals surface area contributed by atoms with Crippen molar-refractivity contribution < 1.29 is 9.84 Å². The summed E-state index contributed by atoms with van der Waals surface area (Å²) in [6.07, 6.45) is 2.18. The molecular weight excluding hydrogens is 212 g/mol. The van der Waals surface area contributed by atoms with Crippen LogP contribution in [0.4, 0.5) is 0 Å². The molecule has 1 aromatic rings. The summed E-state index contributed by atoms with van der Waals surface area (Å²) >= 11 is 6.02. The number of rotatable bonds is 5. The summed E-state index contributed by atoms with van der Waals surface area (Å²) < 4.78 is 5.72. The Kier molecular flexibility index (Phi) is 4.92. The Hall–Kier alpha value is -0.730. The Morgan fingerprint density at radius 2 is 2.20 bits per heavy atom. The molecule has 0 bridgehead atoms. The molecule has 0 saturated heterocycles. The van der Waals surface area contributed by atoms with Crippen molar-refractivity contribution in [2.75, 3.05) is 0 Å². The molecule has 1 aromatic carbocycles. The van der Waals surface area contributed by atoms with Crippen LogP contribution >= 0.6 is 11.6 Å². The second-order valence-corrected chi connectivity index (χ2v) is 4.01. The molecule has 0 saturated carbocycles. The molecule has 0 aliphatic rings. The molecule has 3 heteroatoms. The van der Waals surface area contributed by atoms with Gasteiger partial charge in [0.15, 0.2) is 0 Å². The Bertz CT molecular complexity index is 312. The van der Waals surface area contributed by atoms with Crippen LogP contribution in [0.2, 0.25) is 5.02 Å². The molecule has 0 spiro atoms. The minimum absolute atomic E-state index is 0.0469. The topological polar surface area (TPSA) is 29.5 Å². The highest BCUT2D eigenvalue weighted by atomic mass is 35.5. The van der Waals surface area contributed by atoms with E-state index < -0.39 is 0 Å². The van der Waals surface area contributed by atoms with Crippen LogP contribution in [0.15, 0.2) is 18.2 Å². The zero-order valence-electron chi connectivity index (χ0n) is 9.16. The van der Waals surface area contributed by atoms with Crippen molar-refractivity contribution >= 4 is 11.6 Å². The Labute approximate surface area is 95.8 Å². The third-order valence-electron chi connectivity index (χ3n) is 2.23. The molecule has 2 nitrogen and oxygen atoms in total. The standard InChI is InChI=1S/C12H17ClO2/c1-3-5-9(2)15-12-10(8-14)6-4-7-11(12)13/h4,6-7,9,14H,3,5,8H2,1-2H3. The summed E-state index contributed by atoms with van der Waals surface area (Å²) in [5, 5.41) is 9.71. The molecule has 1 rings (SSSR count). The highest BCUT2D eigenvalue weighted by Crippen LogP contribution is 2.30. The number of hydrogen-bond acceptors (Lipinski definition) is 2. The summed E-state index contributed by atoms with van der Waals surface area (Å²) in [6, 6.07) is 5.40. The number of halogens is 1. The molecule has 0 amide bonds. The van der Waals surface area contributed by atoms with E-state index in [4.69, 9.17) is 21.4 Å². The van der Waals surface area contributed by atoms with E-state index >= 15 is 0 Å². The van der Waals surface area contributed by atoms with Gasteiger partial charge in [-0.2, -0.15) is 0 Å². The van der Waals surface area contributed by atoms with E-state index in [1.54, 1.807) is 6.07 Å². The van der Waals surface area contributed by atoms with Gasteiger partial charge in [-0.1, -0.05) is 37.1 Å². The fourth-order valence-electron chi connectivity index (χ4n) is 1.48. The first kappa shape index (κ1) is 12.3. The summed E-state index contributed by atoms with van der Waals surface area (Å²) in [5.41, 5.74) is 0.741. The Morgan fingerprint density at radius 3 is 2.80 bits per heavy atom. The van der Waals surface area contributed by atoms with Crippen LogP contribution in [0.5, 0.6) is 5.75 Å². The summed E-state index contributed by atoms with van der Waals surface area (Å²) in [4.78, 5) is 0. The highest BCUT2D eigenvalue weighted by Gasteiger charge is 2.10. The van der Waals surface area contributed by atoms with Crippen LogP contribution in [0.1, 0.15) is 32.3 Å². The van der Waals surface area contributed by atoms with Gasteiger partial charge in [-0.15, -0.1) is 0 Å². The van der Waals surface area contributed by atoms with Crippen molar-refractivity contribution in [2.24, 2.45) is 0 Å². The zero-order chi connectivity index (χ0) is 11.3. The molecule has 0 aliphatic heterocycles. The van der Waals surface area contributed by atoms with Crippen LogP contribution < -0.4 is 4.74 Å². The molecular formula is C12H17ClO2. The second-order valence-electron chi connectivity index (χ2n) is 3.60. The lowest BCUT2D eigenvalue weighted by Gasteiger charge is -2.17. The van der Waals surface area contributed by atoms with Gasteiger partial charge in [0.1, 0.15) is 5.75 Å². The maximum atomic E-state index is 9.15. The zero-order valence-corrected chi connectivity index (χ0v) is 9.92. The van der Waals surface area contributed by atoms with Gasteiger partial charge in [-0.3, -0.25) is 0 Å². The molecule has 1 N–H and O–H groups in total. The lowest BCUT2D eigenvalue weighted by molar-refractivity contribution is 0.200. The first-order valence-electron chi connectivity index (χ1n) is 5.24. The van der Waals surface area contributed by atoms with Gasteiger partial charge < -0.3 is 9.84 Å². The number of ether oxygens (including phenoxy) is 1. The summed E-state index contributed by atoms with van der Waals surface area (Å²) in [6.45, 7) is 4.07. The van der Waals surface area contributed by atoms with Gasteiger partial charge in [-0.25, -0.2) is 0 Å². The van der Waals surface area contributed by atoms with Crippen LogP contribution in [-0.2, 0) is 6.61 Å². The van der Waals surface area contributed by atoms with Crippen molar-refractivity contribution in [2.45, 2.75) is 39.4 Å². The maximum Gasteiger partial charge on any atom is 0.143 e. The predicted molar refractivity (Wildman–Crippen MR) is 62.4 cm³/mol. The van der Waals surface area contributed by atoms with Crippen molar-refractivity contribution in [3.63, 3.8) is 0 Å². The number of aliphatic hydroxyl groups excluding tert-OH is 1. The SMILES string of the molecule is CCCC(C)Oc1c(Cl)cccc1CO. The van der Waals surface area contributed by atoms with Crippen LogP contribution in [0.3, 0.4) is 0 Å². The van der Waals surface area contributed by atoms with E-state index in [1.807, 2.05) is 19.1 Å². The Morgan fingerprint density at radius 1 is 1.47 bits per heavy atom. The minimum Gasteiger partial charge on any atom is -0.489 e. The van der Waals surface area contributed by atoms with Crippen LogP contribution in [0, 0.1) is 0 Å².